The largest absolute Gasteiger partial charge is 0.439 e. The lowest BCUT2D eigenvalue weighted by Crippen LogP contribution is -2.44. The second kappa shape index (κ2) is 9.24. The van der Waals surface area contributed by atoms with Crippen molar-refractivity contribution in [2.45, 2.75) is 31.8 Å². The van der Waals surface area contributed by atoms with Crippen LogP contribution in [-0.4, -0.2) is 31.7 Å². The molecule has 4 aromatic rings. The standard InChI is InChI=1S/C25H20ClFN6O2/c1-2-3-21(34)31-17-12-18(13-17)33-20-5-7-30-25(28)23(20)24(32-33)14-4-6-29-22(8-14)35-19-10-15(26)9-16(27)11-19/h4-11,17-18H,12-13H2,1H3,(H2,28,30)(H,31,34). The quantitative estimate of drug-likeness (QED) is 0.399. The molecular formula is C25H20ClFN6O2. The van der Waals surface area contributed by atoms with Gasteiger partial charge in [-0.1, -0.05) is 17.5 Å². The van der Waals surface area contributed by atoms with Crippen molar-refractivity contribution in [2.75, 3.05) is 5.73 Å². The number of anilines is 1. The molecule has 0 saturated heterocycles. The smallest absolute Gasteiger partial charge is 0.296 e. The molecule has 1 saturated carbocycles. The highest BCUT2D eigenvalue weighted by atomic mass is 35.5. The first kappa shape index (κ1) is 22.6. The first-order valence-corrected chi connectivity index (χ1v) is 11.3. The zero-order valence-electron chi connectivity index (χ0n) is 18.6. The van der Waals surface area contributed by atoms with E-state index in [1.165, 1.54) is 18.2 Å². The van der Waals surface area contributed by atoms with Crippen LogP contribution in [0.5, 0.6) is 11.6 Å². The van der Waals surface area contributed by atoms with E-state index in [4.69, 9.17) is 27.2 Å². The van der Waals surface area contributed by atoms with Gasteiger partial charge in [0.2, 0.25) is 5.88 Å². The summed E-state index contributed by atoms with van der Waals surface area (Å²) in [6.07, 6.45) is 4.66. The normalized spacial score (nSPS) is 16.8. The van der Waals surface area contributed by atoms with Crippen LogP contribution in [0.2, 0.25) is 5.02 Å². The number of carbonyl (C=O) groups is 1. The topological polar surface area (TPSA) is 108 Å². The van der Waals surface area contributed by atoms with Gasteiger partial charge in [-0.25, -0.2) is 14.4 Å². The zero-order chi connectivity index (χ0) is 24.5. The molecule has 1 aliphatic rings. The second-order valence-electron chi connectivity index (χ2n) is 8.14. The number of nitrogens with two attached hydrogens (primary N) is 1. The van der Waals surface area contributed by atoms with Crippen molar-refractivity contribution in [1.82, 2.24) is 25.1 Å². The van der Waals surface area contributed by atoms with Gasteiger partial charge in [-0.2, -0.15) is 5.10 Å². The Labute approximate surface area is 205 Å². The van der Waals surface area contributed by atoms with Gasteiger partial charge in [-0.3, -0.25) is 9.48 Å². The van der Waals surface area contributed by atoms with Gasteiger partial charge < -0.3 is 15.8 Å². The predicted molar refractivity (Wildman–Crippen MR) is 130 cm³/mol. The lowest BCUT2D eigenvalue weighted by molar-refractivity contribution is -0.117. The fourth-order valence-electron chi connectivity index (χ4n) is 4.15. The Morgan fingerprint density at radius 3 is 2.80 bits per heavy atom. The minimum absolute atomic E-state index is 0.0363. The summed E-state index contributed by atoms with van der Waals surface area (Å²) in [5.41, 5.74) is 8.42. The summed E-state index contributed by atoms with van der Waals surface area (Å²) in [7, 11) is 0. The van der Waals surface area contributed by atoms with Gasteiger partial charge in [-0.05, 0) is 50.0 Å². The molecule has 10 heteroatoms. The van der Waals surface area contributed by atoms with Crippen LogP contribution in [0, 0.1) is 17.7 Å². The molecule has 0 aliphatic heterocycles. The highest BCUT2D eigenvalue weighted by molar-refractivity contribution is 6.30. The molecule has 176 valence electrons. The van der Waals surface area contributed by atoms with Crippen molar-refractivity contribution in [2.24, 2.45) is 0 Å². The van der Waals surface area contributed by atoms with Gasteiger partial charge in [-0.15, -0.1) is 0 Å². The number of halogens is 2. The Kier molecular flexibility index (Phi) is 5.97. The van der Waals surface area contributed by atoms with Crippen LogP contribution < -0.4 is 15.8 Å². The number of rotatable bonds is 5. The van der Waals surface area contributed by atoms with E-state index in [9.17, 15) is 9.18 Å². The molecule has 1 aliphatic carbocycles. The van der Waals surface area contributed by atoms with Crippen molar-refractivity contribution < 1.29 is 13.9 Å². The molecule has 0 bridgehead atoms. The number of benzene rings is 1. The van der Waals surface area contributed by atoms with E-state index in [0.29, 0.717) is 22.5 Å². The first-order valence-electron chi connectivity index (χ1n) is 10.9. The van der Waals surface area contributed by atoms with Crippen molar-refractivity contribution in [1.29, 1.82) is 0 Å². The van der Waals surface area contributed by atoms with Crippen molar-refractivity contribution in [3.8, 4) is 34.7 Å². The minimum atomic E-state index is -0.510. The SMILES string of the molecule is CC#CC(=O)NC1CC(n2nc(-c3ccnc(Oc4cc(F)cc(Cl)c4)c3)c3c(N)nccc32)C1. The van der Waals surface area contributed by atoms with E-state index in [0.717, 1.165) is 18.4 Å². The van der Waals surface area contributed by atoms with Gasteiger partial charge >= 0.3 is 0 Å². The van der Waals surface area contributed by atoms with Gasteiger partial charge in [0.05, 0.1) is 16.9 Å². The summed E-state index contributed by atoms with van der Waals surface area (Å²) in [5, 5.41) is 8.69. The molecule has 3 N–H and O–H groups in total. The molecule has 0 unspecified atom stereocenters. The Bertz CT molecular complexity index is 1480. The Morgan fingerprint density at radius 2 is 2.03 bits per heavy atom. The van der Waals surface area contributed by atoms with E-state index < -0.39 is 5.82 Å². The third-order valence-electron chi connectivity index (χ3n) is 5.75. The van der Waals surface area contributed by atoms with Crippen molar-refractivity contribution >= 4 is 34.2 Å². The Morgan fingerprint density at radius 1 is 1.23 bits per heavy atom. The summed E-state index contributed by atoms with van der Waals surface area (Å²) in [6, 6.07) is 9.40. The molecule has 3 heterocycles. The van der Waals surface area contributed by atoms with Crippen LogP contribution in [0.3, 0.4) is 0 Å². The van der Waals surface area contributed by atoms with E-state index >= 15 is 0 Å². The third-order valence-corrected chi connectivity index (χ3v) is 5.97. The number of hydrogen-bond donors (Lipinski definition) is 2. The first-order chi connectivity index (χ1) is 16.9. The summed E-state index contributed by atoms with van der Waals surface area (Å²) in [6.45, 7) is 1.63. The van der Waals surface area contributed by atoms with E-state index in [1.807, 2.05) is 10.7 Å². The van der Waals surface area contributed by atoms with E-state index in [2.05, 4.69) is 27.1 Å². The number of nitrogens with one attached hydrogen (secondary N) is 1. The highest BCUT2D eigenvalue weighted by Crippen LogP contribution is 2.39. The van der Waals surface area contributed by atoms with Crippen LogP contribution in [0.4, 0.5) is 10.2 Å². The summed E-state index contributed by atoms with van der Waals surface area (Å²) in [4.78, 5) is 20.2. The highest BCUT2D eigenvalue weighted by Gasteiger charge is 2.34. The molecule has 1 fully saturated rings. The number of amides is 1. The fraction of sp³-hybridized carbons (Fsp3) is 0.200. The molecular weight excluding hydrogens is 471 g/mol. The molecule has 3 aromatic heterocycles. The molecule has 8 nitrogen and oxygen atoms in total. The molecule has 1 amide bonds. The second-order valence-corrected chi connectivity index (χ2v) is 8.58. The molecule has 0 atom stereocenters. The van der Waals surface area contributed by atoms with Crippen LogP contribution >= 0.6 is 11.6 Å². The molecule has 0 radical (unpaired) electrons. The molecule has 5 rings (SSSR count). The van der Waals surface area contributed by atoms with E-state index in [-0.39, 0.29) is 34.6 Å². The molecule has 1 aromatic carbocycles. The Balaban J connectivity index is 1.46. The monoisotopic (exact) mass is 490 g/mol. The van der Waals surface area contributed by atoms with E-state index in [1.54, 1.807) is 31.5 Å². The lowest BCUT2D eigenvalue weighted by atomic mass is 9.86. The van der Waals surface area contributed by atoms with Crippen molar-refractivity contribution in [3.05, 3.63) is 59.6 Å². The average Bonchev–Trinajstić information content (AvgIpc) is 3.16. The number of nitrogen functional groups attached to an aromatic ring is 1. The number of aromatic nitrogens is 4. The molecule has 0 spiro atoms. The predicted octanol–water partition coefficient (Wildman–Crippen LogP) is 4.50. The number of carbonyl (C=O) groups excluding carboxylic acids is 1. The summed E-state index contributed by atoms with van der Waals surface area (Å²) >= 11 is 5.93. The Hall–Kier alpha value is -4.16. The lowest BCUT2D eigenvalue weighted by Gasteiger charge is -2.35. The maximum atomic E-state index is 13.7. The number of nitrogens with zero attached hydrogens (tertiary/aromatic N) is 4. The molecule has 35 heavy (non-hydrogen) atoms. The van der Waals surface area contributed by atoms with Crippen molar-refractivity contribution in [3.63, 3.8) is 0 Å². The summed E-state index contributed by atoms with van der Waals surface area (Å²) < 4.78 is 21.4. The average molecular weight is 491 g/mol. The number of pyridine rings is 2. The van der Waals surface area contributed by atoms with Crippen LogP contribution in [-0.2, 0) is 4.79 Å². The third kappa shape index (κ3) is 4.61. The van der Waals surface area contributed by atoms with Gasteiger partial charge in [0, 0.05) is 41.2 Å². The fourth-order valence-corrected chi connectivity index (χ4v) is 4.37. The zero-order valence-corrected chi connectivity index (χ0v) is 19.4. The van der Waals surface area contributed by atoms with Gasteiger partial charge in [0.25, 0.3) is 5.91 Å². The number of fused-ring (bicyclic) bond motifs is 1. The van der Waals surface area contributed by atoms with Gasteiger partial charge in [0.1, 0.15) is 23.1 Å². The van der Waals surface area contributed by atoms with Crippen LogP contribution in [0.1, 0.15) is 25.8 Å². The number of hydrogen-bond acceptors (Lipinski definition) is 6. The maximum Gasteiger partial charge on any atom is 0.296 e. The van der Waals surface area contributed by atoms with Crippen LogP contribution in [0.15, 0.2) is 48.8 Å². The summed E-state index contributed by atoms with van der Waals surface area (Å²) in [5.74, 6) is 5.13. The van der Waals surface area contributed by atoms with Crippen LogP contribution in [0.25, 0.3) is 22.2 Å². The van der Waals surface area contributed by atoms with Gasteiger partial charge in [0.15, 0.2) is 0 Å². The number of ether oxygens (including phenoxy) is 1. The minimum Gasteiger partial charge on any atom is -0.439 e. The maximum absolute atomic E-state index is 13.7.